The summed E-state index contributed by atoms with van der Waals surface area (Å²) < 4.78 is 19.4. The first kappa shape index (κ1) is 24.9. The molecule has 0 radical (unpaired) electrons. The van der Waals surface area contributed by atoms with Crippen molar-refractivity contribution in [3.63, 3.8) is 0 Å². The Hall–Kier alpha value is -3.22. The summed E-state index contributed by atoms with van der Waals surface area (Å²) in [5, 5.41) is 2.98. The number of carbonyl (C=O) groups excluding carboxylic acids is 1. The fraction of sp³-hybridized carbons (Fsp3) is 0.345. The van der Waals surface area contributed by atoms with Crippen molar-refractivity contribution in [3.8, 4) is 16.9 Å². The van der Waals surface area contributed by atoms with Crippen molar-refractivity contribution >= 4 is 5.91 Å². The van der Waals surface area contributed by atoms with E-state index in [-0.39, 0.29) is 24.2 Å². The van der Waals surface area contributed by atoms with Crippen molar-refractivity contribution in [3.05, 3.63) is 89.7 Å². The normalized spacial score (nSPS) is 15.5. The summed E-state index contributed by atoms with van der Waals surface area (Å²) in [7, 11) is 2.14. The number of nitrogens with one attached hydrogen (secondary N) is 1. The number of rotatable bonds is 9. The molecule has 0 aliphatic carbocycles. The summed E-state index contributed by atoms with van der Waals surface area (Å²) >= 11 is 0. The molecule has 0 aromatic heterocycles. The van der Waals surface area contributed by atoms with Gasteiger partial charge in [0.25, 0.3) is 5.91 Å². The molecular formula is C29H34FN3O2. The van der Waals surface area contributed by atoms with Crippen LogP contribution in [0.25, 0.3) is 11.1 Å². The SMILES string of the molecule is CC(CNC(=O)COc1ccc(-c2ccc(F)cc2)cc1CN1CCN(C)CC1)c1ccccc1. The Labute approximate surface area is 207 Å². The fourth-order valence-corrected chi connectivity index (χ4v) is 4.27. The Morgan fingerprint density at radius 3 is 2.37 bits per heavy atom. The first-order valence-electron chi connectivity index (χ1n) is 12.2. The van der Waals surface area contributed by atoms with Crippen LogP contribution in [0.1, 0.15) is 24.0 Å². The Morgan fingerprint density at radius 2 is 1.66 bits per heavy atom. The van der Waals surface area contributed by atoms with Crippen molar-refractivity contribution in [1.29, 1.82) is 0 Å². The highest BCUT2D eigenvalue weighted by Crippen LogP contribution is 2.28. The molecule has 6 heteroatoms. The minimum atomic E-state index is -0.251. The molecule has 0 saturated carbocycles. The van der Waals surface area contributed by atoms with Crippen molar-refractivity contribution in [2.24, 2.45) is 0 Å². The highest BCUT2D eigenvalue weighted by molar-refractivity contribution is 5.77. The van der Waals surface area contributed by atoms with Crippen LogP contribution < -0.4 is 10.1 Å². The maximum absolute atomic E-state index is 13.4. The minimum Gasteiger partial charge on any atom is -0.483 e. The molecule has 35 heavy (non-hydrogen) atoms. The maximum atomic E-state index is 13.4. The average Bonchev–Trinajstić information content (AvgIpc) is 2.89. The highest BCUT2D eigenvalue weighted by atomic mass is 19.1. The molecule has 0 bridgehead atoms. The van der Waals surface area contributed by atoms with E-state index in [4.69, 9.17) is 4.74 Å². The van der Waals surface area contributed by atoms with Gasteiger partial charge in [0, 0.05) is 44.8 Å². The Morgan fingerprint density at radius 1 is 0.971 bits per heavy atom. The molecule has 1 atom stereocenters. The Kier molecular flexibility index (Phi) is 8.50. The van der Waals surface area contributed by atoms with Gasteiger partial charge in [-0.3, -0.25) is 9.69 Å². The van der Waals surface area contributed by atoms with Crippen LogP contribution in [0, 0.1) is 5.82 Å². The molecule has 3 aromatic carbocycles. The summed E-state index contributed by atoms with van der Waals surface area (Å²) in [5.74, 6) is 0.545. The summed E-state index contributed by atoms with van der Waals surface area (Å²) in [6.07, 6.45) is 0. The first-order chi connectivity index (χ1) is 17.0. The zero-order valence-electron chi connectivity index (χ0n) is 20.5. The smallest absolute Gasteiger partial charge is 0.257 e. The van der Waals surface area contributed by atoms with Crippen LogP contribution in [-0.2, 0) is 11.3 Å². The first-order valence-corrected chi connectivity index (χ1v) is 12.2. The van der Waals surface area contributed by atoms with Crippen LogP contribution in [0.3, 0.4) is 0 Å². The second kappa shape index (κ2) is 12.0. The van der Waals surface area contributed by atoms with E-state index >= 15 is 0 Å². The van der Waals surface area contributed by atoms with E-state index in [2.05, 4.69) is 47.3 Å². The Bertz CT molecular complexity index is 1100. The van der Waals surface area contributed by atoms with Gasteiger partial charge in [-0.2, -0.15) is 0 Å². The van der Waals surface area contributed by atoms with E-state index < -0.39 is 0 Å². The van der Waals surface area contributed by atoms with Gasteiger partial charge in [-0.25, -0.2) is 4.39 Å². The number of amides is 1. The van der Waals surface area contributed by atoms with Crippen LogP contribution in [0.15, 0.2) is 72.8 Å². The van der Waals surface area contributed by atoms with Gasteiger partial charge in [0.2, 0.25) is 0 Å². The van der Waals surface area contributed by atoms with Gasteiger partial charge in [0.15, 0.2) is 6.61 Å². The van der Waals surface area contributed by atoms with Crippen molar-refractivity contribution in [2.75, 3.05) is 46.4 Å². The van der Waals surface area contributed by atoms with E-state index in [0.717, 1.165) is 49.4 Å². The van der Waals surface area contributed by atoms with E-state index in [1.165, 1.54) is 17.7 Å². The molecule has 1 aliphatic rings. The maximum Gasteiger partial charge on any atom is 0.257 e. The molecule has 3 aromatic rings. The molecule has 0 spiro atoms. The number of ether oxygens (including phenoxy) is 1. The van der Waals surface area contributed by atoms with Gasteiger partial charge >= 0.3 is 0 Å². The van der Waals surface area contributed by atoms with Crippen LogP contribution >= 0.6 is 0 Å². The van der Waals surface area contributed by atoms with Crippen LogP contribution in [0.2, 0.25) is 0 Å². The third-order valence-corrected chi connectivity index (χ3v) is 6.56. The van der Waals surface area contributed by atoms with Crippen molar-refractivity contribution < 1.29 is 13.9 Å². The molecule has 1 aliphatic heterocycles. The van der Waals surface area contributed by atoms with Gasteiger partial charge in [-0.15, -0.1) is 0 Å². The number of hydrogen-bond donors (Lipinski definition) is 1. The lowest BCUT2D eigenvalue weighted by Crippen LogP contribution is -2.43. The van der Waals surface area contributed by atoms with E-state index in [1.807, 2.05) is 30.3 Å². The van der Waals surface area contributed by atoms with Gasteiger partial charge < -0.3 is 15.0 Å². The van der Waals surface area contributed by atoms with E-state index in [9.17, 15) is 9.18 Å². The Balaban J connectivity index is 1.42. The third kappa shape index (κ3) is 7.13. The monoisotopic (exact) mass is 475 g/mol. The molecule has 1 N–H and O–H groups in total. The third-order valence-electron chi connectivity index (χ3n) is 6.56. The zero-order chi connectivity index (χ0) is 24.6. The molecule has 1 heterocycles. The number of nitrogens with zero attached hydrogens (tertiary/aromatic N) is 2. The number of likely N-dealkylation sites (N-methyl/N-ethyl adjacent to an activating group) is 1. The number of carbonyl (C=O) groups is 1. The van der Waals surface area contributed by atoms with E-state index in [0.29, 0.717) is 12.3 Å². The largest absolute Gasteiger partial charge is 0.483 e. The van der Waals surface area contributed by atoms with Gasteiger partial charge in [-0.1, -0.05) is 55.5 Å². The topological polar surface area (TPSA) is 44.8 Å². The highest BCUT2D eigenvalue weighted by Gasteiger charge is 2.17. The quantitative estimate of drug-likeness (QED) is 0.494. The van der Waals surface area contributed by atoms with E-state index in [1.54, 1.807) is 12.1 Å². The molecule has 1 fully saturated rings. The number of halogens is 1. The van der Waals surface area contributed by atoms with Crippen LogP contribution in [-0.4, -0.2) is 62.1 Å². The predicted octanol–water partition coefficient (Wildman–Crippen LogP) is 4.54. The molecule has 184 valence electrons. The fourth-order valence-electron chi connectivity index (χ4n) is 4.27. The second-order valence-electron chi connectivity index (χ2n) is 9.31. The van der Waals surface area contributed by atoms with Gasteiger partial charge in [-0.05, 0) is 53.9 Å². The number of piperazine rings is 1. The zero-order valence-corrected chi connectivity index (χ0v) is 20.5. The summed E-state index contributed by atoms with van der Waals surface area (Å²) in [6, 6.07) is 22.6. The predicted molar refractivity (Wildman–Crippen MR) is 138 cm³/mol. The number of benzene rings is 3. The van der Waals surface area contributed by atoms with Gasteiger partial charge in [0.05, 0.1) is 0 Å². The van der Waals surface area contributed by atoms with Gasteiger partial charge in [0.1, 0.15) is 11.6 Å². The molecule has 1 saturated heterocycles. The molecule has 4 rings (SSSR count). The standard InChI is InChI=1S/C29H34FN3O2/c1-22(23-6-4-3-5-7-23)19-31-29(34)21-35-28-13-10-25(24-8-11-27(30)12-9-24)18-26(28)20-33-16-14-32(2)15-17-33/h3-13,18,22H,14-17,19-21H2,1-2H3,(H,31,34). The van der Waals surface area contributed by atoms with Crippen molar-refractivity contribution in [2.45, 2.75) is 19.4 Å². The summed E-state index contributed by atoms with van der Waals surface area (Å²) in [5.41, 5.74) is 4.18. The van der Waals surface area contributed by atoms with Crippen molar-refractivity contribution in [1.82, 2.24) is 15.1 Å². The summed E-state index contributed by atoms with van der Waals surface area (Å²) in [4.78, 5) is 17.2. The lowest BCUT2D eigenvalue weighted by atomic mass is 10.0. The minimum absolute atomic E-state index is 0.0346. The summed E-state index contributed by atoms with van der Waals surface area (Å²) in [6.45, 7) is 7.37. The molecule has 1 amide bonds. The molecular weight excluding hydrogens is 441 g/mol. The molecule has 1 unspecified atom stereocenters. The molecule has 5 nitrogen and oxygen atoms in total. The second-order valence-corrected chi connectivity index (χ2v) is 9.31. The average molecular weight is 476 g/mol. The number of hydrogen-bond acceptors (Lipinski definition) is 4. The lowest BCUT2D eigenvalue weighted by molar-refractivity contribution is -0.123. The van der Waals surface area contributed by atoms with Crippen LogP contribution in [0.5, 0.6) is 5.75 Å². The lowest BCUT2D eigenvalue weighted by Gasteiger charge is -2.32. The van der Waals surface area contributed by atoms with Crippen LogP contribution in [0.4, 0.5) is 4.39 Å².